The lowest BCUT2D eigenvalue weighted by Gasteiger charge is -2.09. The summed E-state index contributed by atoms with van der Waals surface area (Å²) in [7, 11) is 0. The van der Waals surface area contributed by atoms with E-state index in [4.69, 9.17) is 20.5 Å². The molecule has 0 spiro atoms. The average Bonchev–Trinajstić information content (AvgIpc) is 3.36. The maximum Gasteiger partial charge on any atom is 0.270 e. The number of carbonyl (C=O) groups is 2. The fourth-order valence-electron chi connectivity index (χ4n) is 2.68. The van der Waals surface area contributed by atoms with Crippen LogP contribution in [-0.4, -0.2) is 22.0 Å². The van der Waals surface area contributed by atoms with Crippen molar-refractivity contribution in [2.75, 3.05) is 0 Å². The Morgan fingerprint density at radius 2 is 1.82 bits per heavy atom. The number of pyridine rings is 1. The van der Waals surface area contributed by atoms with E-state index in [1.807, 2.05) is 0 Å². The normalized spacial score (nSPS) is 10.8. The van der Waals surface area contributed by atoms with Gasteiger partial charge >= 0.3 is 0 Å². The van der Waals surface area contributed by atoms with Crippen molar-refractivity contribution in [3.8, 4) is 11.5 Å². The largest absolute Gasteiger partial charge is 0.463 e. The Labute approximate surface area is 163 Å². The molecule has 0 unspecified atom stereocenters. The zero-order chi connectivity index (χ0) is 19.7. The molecule has 1 aromatic carbocycles. The van der Waals surface area contributed by atoms with Crippen LogP contribution in [0.25, 0.3) is 22.6 Å². The number of hydrogen-bond acceptors (Lipinski definition) is 6. The van der Waals surface area contributed by atoms with Crippen LogP contribution in [0.15, 0.2) is 57.7 Å². The molecule has 0 aliphatic carbocycles. The monoisotopic (exact) mass is 396 g/mol. The molecule has 0 aliphatic rings. The zero-order valence-corrected chi connectivity index (χ0v) is 15.3. The van der Waals surface area contributed by atoms with E-state index in [1.54, 1.807) is 49.4 Å². The van der Waals surface area contributed by atoms with Crippen molar-refractivity contribution in [2.45, 2.75) is 6.92 Å². The lowest BCUT2D eigenvalue weighted by Crippen LogP contribution is -2.41. The predicted molar refractivity (Wildman–Crippen MR) is 101 cm³/mol. The van der Waals surface area contributed by atoms with Crippen molar-refractivity contribution in [1.29, 1.82) is 0 Å². The number of benzene rings is 1. The minimum atomic E-state index is -0.547. The second-order valence-corrected chi connectivity index (χ2v) is 6.33. The van der Waals surface area contributed by atoms with E-state index in [-0.39, 0.29) is 11.3 Å². The molecule has 0 radical (unpaired) electrons. The highest BCUT2D eigenvalue weighted by molar-refractivity contribution is 6.30. The van der Waals surface area contributed by atoms with E-state index in [0.29, 0.717) is 33.1 Å². The third-order valence-corrected chi connectivity index (χ3v) is 4.28. The Bertz CT molecular complexity index is 1170. The number of nitrogens with zero attached hydrogens (tertiary/aromatic N) is 2. The molecule has 0 saturated heterocycles. The number of aromatic nitrogens is 2. The molecule has 140 valence electrons. The summed E-state index contributed by atoms with van der Waals surface area (Å²) in [6, 6.07) is 11.2. The molecule has 2 N–H and O–H groups in total. The number of amides is 2. The van der Waals surface area contributed by atoms with Crippen LogP contribution >= 0.6 is 11.6 Å². The van der Waals surface area contributed by atoms with Gasteiger partial charge in [-0.05, 0) is 49.4 Å². The summed E-state index contributed by atoms with van der Waals surface area (Å²) in [6.45, 7) is 1.70. The quantitative estimate of drug-likeness (QED) is 0.512. The number of carbonyl (C=O) groups excluding carboxylic acids is 2. The van der Waals surface area contributed by atoms with Crippen molar-refractivity contribution in [1.82, 2.24) is 21.0 Å². The summed E-state index contributed by atoms with van der Waals surface area (Å²) >= 11 is 5.81. The van der Waals surface area contributed by atoms with Gasteiger partial charge in [-0.3, -0.25) is 20.4 Å². The molecule has 4 rings (SSSR count). The number of furan rings is 1. The molecule has 2 amide bonds. The van der Waals surface area contributed by atoms with Gasteiger partial charge in [0.2, 0.25) is 0 Å². The van der Waals surface area contributed by atoms with Gasteiger partial charge in [0.25, 0.3) is 17.5 Å². The van der Waals surface area contributed by atoms with E-state index >= 15 is 0 Å². The van der Waals surface area contributed by atoms with Gasteiger partial charge in [-0.2, -0.15) is 0 Å². The van der Waals surface area contributed by atoms with E-state index in [9.17, 15) is 9.59 Å². The third-order valence-electron chi connectivity index (χ3n) is 4.03. The maximum absolute atomic E-state index is 12.7. The van der Waals surface area contributed by atoms with Crippen molar-refractivity contribution < 1.29 is 18.5 Å². The Hall–Kier alpha value is -3.65. The molecular formula is C19H13ClN4O4. The molecule has 0 aliphatic heterocycles. The van der Waals surface area contributed by atoms with Crippen molar-refractivity contribution in [2.24, 2.45) is 0 Å². The average molecular weight is 397 g/mol. The fourth-order valence-corrected chi connectivity index (χ4v) is 2.80. The first-order valence-corrected chi connectivity index (χ1v) is 8.58. The van der Waals surface area contributed by atoms with Crippen LogP contribution in [0.2, 0.25) is 5.02 Å². The number of fused-ring (bicyclic) bond motifs is 1. The first kappa shape index (κ1) is 17.7. The smallest absolute Gasteiger partial charge is 0.270 e. The fraction of sp³-hybridized carbons (Fsp3) is 0.0526. The molecule has 0 fully saturated rings. The standard InChI is InChI=1S/C19H13ClN4O4/c1-10-16-13(9-14(15-3-2-8-27-15)21-19(16)28-24-10)18(26)23-22-17(25)11-4-6-12(20)7-5-11/h2-9H,1H3,(H,22,25)(H,23,26). The third kappa shape index (κ3) is 3.33. The molecular weight excluding hydrogens is 384 g/mol. The molecule has 0 atom stereocenters. The van der Waals surface area contributed by atoms with Gasteiger partial charge < -0.3 is 8.94 Å². The first-order chi connectivity index (χ1) is 13.5. The molecule has 4 aromatic rings. The second kappa shape index (κ2) is 7.16. The number of hydrazine groups is 1. The highest BCUT2D eigenvalue weighted by Gasteiger charge is 2.20. The van der Waals surface area contributed by atoms with Gasteiger partial charge in [-0.1, -0.05) is 16.8 Å². The molecule has 0 saturated carbocycles. The SMILES string of the molecule is Cc1noc2nc(-c3ccco3)cc(C(=O)NNC(=O)c3ccc(Cl)cc3)c12. The van der Waals surface area contributed by atoms with Crippen LogP contribution < -0.4 is 10.9 Å². The number of rotatable bonds is 3. The van der Waals surface area contributed by atoms with Crippen LogP contribution in [0.1, 0.15) is 26.4 Å². The number of hydrogen-bond donors (Lipinski definition) is 2. The molecule has 9 heteroatoms. The van der Waals surface area contributed by atoms with Crippen molar-refractivity contribution >= 4 is 34.5 Å². The first-order valence-electron chi connectivity index (χ1n) is 8.20. The number of nitrogens with one attached hydrogen (secondary N) is 2. The Morgan fingerprint density at radius 1 is 1.07 bits per heavy atom. The maximum atomic E-state index is 12.7. The van der Waals surface area contributed by atoms with Crippen molar-refractivity contribution in [3.05, 3.63) is 70.6 Å². The second-order valence-electron chi connectivity index (χ2n) is 5.90. The molecule has 8 nitrogen and oxygen atoms in total. The van der Waals surface area contributed by atoms with E-state index in [0.717, 1.165) is 0 Å². The van der Waals surface area contributed by atoms with Crippen molar-refractivity contribution in [3.63, 3.8) is 0 Å². The minimum absolute atomic E-state index is 0.195. The minimum Gasteiger partial charge on any atom is -0.463 e. The van der Waals surface area contributed by atoms with Crippen LogP contribution in [0, 0.1) is 6.92 Å². The van der Waals surface area contributed by atoms with Gasteiger partial charge in [0.1, 0.15) is 5.69 Å². The van der Waals surface area contributed by atoms with Crippen LogP contribution in [-0.2, 0) is 0 Å². The van der Waals surface area contributed by atoms with Gasteiger partial charge in [0, 0.05) is 10.6 Å². The molecule has 3 heterocycles. The van der Waals surface area contributed by atoms with Gasteiger partial charge in [0.05, 0.1) is 22.9 Å². The van der Waals surface area contributed by atoms with Crippen LogP contribution in [0.4, 0.5) is 0 Å². The van der Waals surface area contributed by atoms with Gasteiger partial charge in [0.15, 0.2) is 5.76 Å². The van der Waals surface area contributed by atoms with Crippen LogP contribution in [0.3, 0.4) is 0 Å². The number of halogens is 1. The summed E-state index contributed by atoms with van der Waals surface area (Å²) in [5, 5.41) is 4.82. The van der Waals surface area contributed by atoms with E-state index in [2.05, 4.69) is 21.0 Å². The molecule has 0 bridgehead atoms. The topological polar surface area (TPSA) is 110 Å². The summed E-state index contributed by atoms with van der Waals surface area (Å²) in [5.41, 5.74) is 6.46. The predicted octanol–water partition coefficient (Wildman–Crippen LogP) is 3.52. The lowest BCUT2D eigenvalue weighted by molar-refractivity contribution is 0.0847. The van der Waals surface area contributed by atoms with Gasteiger partial charge in [-0.15, -0.1) is 0 Å². The summed E-state index contributed by atoms with van der Waals surface area (Å²) in [5.74, 6) is -0.562. The lowest BCUT2D eigenvalue weighted by atomic mass is 10.1. The number of aryl methyl sites for hydroxylation is 1. The molecule has 28 heavy (non-hydrogen) atoms. The summed E-state index contributed by atoms with van der Waals surface area (Å²) < 4.78 is 10.5. The molecule has 3 aromatic heterocycles. The Balaban J connectivity index is 1.62. The highest BCUT2D eigenvalue weighted by atomic mass is 35.5. The highest BCUT2D eigenvalue weighted by Crippen LogP contribution is 2.27. The Kier molecular flexibility index (Phi) is 4.54. The van der Waals surface area contributed by atoms with E-state index < -0.39 is 11.8 Å². The van der Waals surface area contributed by atoms with E-state index in [1.165, 1.54) is 6.26 Å². The summed E-state index contributed by atoms with van der Waals surface area (Å²) in [6.07, 6.45) is 1.50. The zero-order valence-electron chi connectivity index (χ0n) is 14.5. The summed E-state index contributed by atoms with van der Waals surface area (Å²) in [4.78, 5) is 29.3. The van der Waals surface area contributed by atoms with Gasteiger partial charge in [-0.25, -0.2) is 4.98 Å². The van der Waals surface area contributed by atoms with Crippen LogP contribution in [0.5, 0.6) is 0 Å². The Morgan fingerprint density at radius 3 is 2.54 bits per heavy atom.